The van der Waals surface area contributed by atoms with Crippen LogP contribution in [0.4, 0.5) is 21.9 Å². The van der Waals surface area contributed by atoms with E-state index >= 15 is 0 Å². The number of nitrogens with zero attached hydrogens (tertiary/aromatic N) is 3. The first-order valence-electron chi connectivity index (χ1n) is 8.74. The lowest BCUT2D eigenvalue weighted by molar-refractivity contribution is -0.114. The Morgan fingerprint density at radius 3 is 2.19 bits per heavy atom. The summed E-state index contributed by atoms with van der Waals surface area (Å²) in [7, 11) is 0. The quantitative estimate of drug-likeness (QED) is 0.878. The molecule has 1 heterocycles. The van der Waals surface area contributed by atoms with E-state index in [1.54, 1.807) is 35.2 Å². The zero-order valence-electron chi connectivity index (χ0n) is 15.1. The van der Waals surface area contributed by atoms with Gasteiger partial charge in [-0.1, -0.05) is 6.07 Å². The Kier molecular flexibility index (Phi) is 5.57. The second-order valence-corrected chi connectivity index (χ2v) is 6.32. The van der Waals surface area contributed by atoms with Crippen molar-refractivity contribution in [2.24, 2.45) is 0 Å². The van der Waals surface area contributed by atoms with Crippen molar-refractivity contribution < 1.29 is 9.59 Å². The molecule has 1 aliphatic rings. The molecule has 1 fully saturated rings. The number of urea groups is 1. The molecule has 138 valence electrons. The number of hydrogen-bond donors (Lipinski definition) is 2. The molecule has 0 aliphatic carbocycles. The molecule has 1 aliphatic heterocycles. The van der Waals surface area contributed by atoms with E-state index < -0.39 is 0 Å². The van der Waals surface area contributed by atoms with Crippen molar-refractivity contribution in [3.05, 3.63) is 54.1 Å². The summed E-state index contributed by atoms with van der Waals surface area (Å²) in [6, 6.07) is 16.5. The van der Waals surface area contributed by atoms with Gasteiger partial charge < -0.3 is 20.4 Å². The Balaban J connectivity index is 1.54. The average Bonchev–Trinajstić information content (AvgIpc) is 2.69. The van der Waals surface area contributed by atoms with Crippen LogP contribution in [-0.2, 0) is 4.79 Å². The lowest BCUT2D eigenvalue weighted by atomic mass is 10.2. The van der Waals surface area contributed by atoms with Gasteiger partial charge in [-0.15, -0.1) is 0 Å². The number of nitrogens with one attached hydrogen (secondary N) is 2. The van der Waals surface area contributed by atoms with Crippen molar-refractivity contribution in [2.75, 3.05) is 41.7 Å². The van der Waals surface area contributed by atoms with E-state index in [1.807, 2.05) is 18.2 Å². The van der Waals surface area contributed by atoms with Gasteiger partial charge >= 0.3 is 6.03 Å². The zero-order valence-corrected chi connectivity index (χ0v) is 15.1. The molecule has 7 heteroatoms. The Morgan fingerprint density at radius 1 is 0.963 bits per heavy atom. The molecule has 2 N–H and O–H groups in total. The monoisotopic (exact) mass is 363 g/mol. The van der Waals surface area contributed by atoms with Crippen LogP contribution in [0.1, 0.15) is 12.5 Å². The van der Waals surface area contributed by atoms with Gasteiger partial charge in [0.05, 0.1) is 11.6 Å². The largest absolute Gasteiger partial charge is 0.368 e. The van der Waals surface area contributed by atoms with Gasteiger partial charge in [0.1, 0.15) is 0 Å². The van der Waals surface area contributed by atoms with Crippen molar-refractivity contribution in [3.63, 3.8) is 0 Å². The van der Waals surface area contributed by atoms with Gasteiger partial charge in [0.25, 0.3) is 0 Å². The van der Waals surface area contributed by atoms with Crippen LogP contribution in [0.15, 0.2) is 48.5 Å². The van der Waals surface area contributed by atoms with Gasteiger partial charge in [-0.25, -0.2) is 4.79 Å². The van der Waals surface area contributed by atoms with Gasteiger partial charge in [-0.2, -0.15) is 5.26 Å². The lowest BCUT2D eigenvalue weighted by Crippen LogP contribution is -2.50. The van der Waals surface area contributed by atoms with Crippen LogP contribution in [0.2, 0.25) is 0 Å². The molecule has 0 spiro atoms. The fraction of sp³-hybridized carbons (Fsp3) is 0.250. The summed E-state index contributed by atoms with van der Waals surface area (Å²) in [6.07, 6.45) is 0. The zero-order chi connectivity index (χ0) is 19.2. The third-order valence-corrected chi connectivity index (χ3v) is 4.36. The summed E-state index contributed by atoms with van der Waals surface area (Å²) in [5.41, 5.74) is 3.00. The first kappa shape index (κ1) is 18.3. The predicted molar refractivity (Wildman–Crippen MR) is 105 cm³/mol. The Morgan fingerprint density at radius 2 is 1.59 bits per heavy atom. The number of hydrogen-bond acceptors (Lipinski definition) is 4. The molecule has 0 bridgehead atoms. The van der Waals surface area contributed by atoms with Gasteiger partial charge in [0, 0.05) is 50.2 Å². The molecule has 1 saturated heterocycles. The smallest absolute Gasteiger partial charge is 0.321 e. The van der Waals surface area contributed by atoms with E-state index in [9.17, 15) is 9.59 Å². The molecule has 0 saturated carbocycles. The summed E-state index contributed by atoms with van der Waals surface area (Å²) >= 11 is 0. The minimum Gasteiger partial charge on any atom is -0.368 e. The molecule has 0 aromatic heterocycles. The summed E-state index contributed by atoms with van der Waals surface area (Å²) in [5, 5.41) is 14.6. The van der Waals surface area contributed by atoms with Crippen LogP contribution >= 0.6 is 0 Å². The summed E-state index contributed by atoms with van der Waals surface area (Å²) in [6.45, 7) is 4.08. The van der Waals surface area contributed by atoms with Gasteiger partial charge in [0.15, 0.2) is 0 Å². The van der Waals surface area contributed by atoms with Crippen molar-refractivity contribution in [2.45, 2.75) is 6.92 Å². The molecule has 27 heavy (non-hydrogen) atoms. The lowest BCUT2D eigenvalue weighted by Gasteiger charge is -2.36. The number of rotatable bonds is 3. The maximum atomic E-state index is 12.5. The highest BCUT2D eigenvalue weighted by atomic mass is 16.2. The fourth-order valence-electron chi connectivity index (χ4n) is 2.98. The van der Waals surface area contributed by atoms with Gasteiger partial charge in [-0.3, -0.25) is 4.79 Å². The van der Waals surface area contributed by atoms with Crippen LogP contribution in [0.25, 0.3) is 0 Å². The van der Waals surface area contributed by atoms with Crippen LogP contribution < -0.4 is 15.5 Å². The number of piperazine rings is 1. The summed E-state index contributed by atoms with van der Waals surface area (Å²) in [4.78, 5) is 27.4. The molecule has 0 unspecified atom stereocenters. The van der Waals surface area contributed by atoms with Crippen LogP contribution in [0.3, 0.4) is 0 Å². The highest BCUT2D eigenvalue weighted by Crippen LogP contribution is 2.19. The normalized spacial score (nSPS) is 13.6. The maximum absolute atomic E-state index is 12.5. The van der Waals surface area contributed by atoms with Crippen molar-refractivity contribution in [3.8, 4) is 6.07 Å². The third-order valence-electron chi connectivity index (χ3n) is 4.36. The highest BCUT2D eigenvalue weighted by molar-refractivity contribution is 5.91. The topological polar surface area (TPSA) is 88.5 Å². The molecule has 7 nitrogen and oxygen atoms in total. The third kappa shape index (κ3) is 4.76. The van der Waals surface area contributed by atoms with Crippen LogP contribution in [0, 0.1) is 11.3 Å². The van der Waals surface area contributed by atoms with Crippen LogP contribution in [0.5, 0.6) is 0 Å². The van der Waals surface area contributed by atoms with Crippen molar-refractivity contribution in [1.29, 1.82) is 5.26 Å². The number of amides is 3. The highest BCUT2D eigenvalue weighted by Gasteiger charge is 2.21. The van der Waals surface area contributed by atoms with Crippen LogP contribution in [-0.4, -0.2) is 43.0 Å². The Labute approximate surface area is 158 Å². The van der Waals surface area contributed by atoms with E-state index in [2.05, 4.69) is 21.6 Å². The number of anilines is 3. The summed E-state index contributed by atoms with van der Waals surface area (Å²) in [5.74, 6) is -0.134. The van der Waals surface area contributed by atoms with E-state index in [1.165, 1.54) is 6.92 Å². The minimum atomic E-state index is -0.146. The molecule has 3 rings (SSSR count). The molecule has 2 aromatic rings. The van der Waals surface area contributed by atoms with Gasteiger partial charge in [0.2, 0.25) is 5.91 Å². The van der Waals surface area contributed by atoms with E-state index in [0.29, 0.717) is 43.1 Å². The maximum Gasteiger partial charge on any atom is 0.321 e. The standard InChI is InChI=1S/C20H21N5O2/c1-15(26)22-17-5-7-18(8-6-17)23-20(27)25-11-9-24(10-12-25)19-4-2-3-16(13-19)14-21/h2-8,13H,9-12H2,1H3,(H,22,26)(H,23,27). The van der Waals surface area contributed by atoms with E-state index in [-0.39, 0.29) is 11.9 Å². The Bertz CT molecular complexity index is 865. The predicted octanol–water partition coefficient (Wildman–Crippen LogP) is 2.87. The molecule has 0 atom stereocenters. The fourth-order valence-corrected chi connectivity index (χ4v) is 2.98. The van der Waals surface area contributed by atoms with Gasteiger partial charge in [-0.05, 0) is 42.5 Å². The number of nitriles is 1. The first-order chi connectivity index (χ1) is 13.0. The number of carbonyl (C=O) groups excluding carboxylic acids is 2. The molecular weight excluding hydrogens is 342 g/mol. The number of carbonyl (C=O) groups is 2. The average molecular weight is 363 g/mol. The summed E-state index contributed by atoms with van der Waals surface area (Å²) < 4.78 is 0. The minimum absolute atomic E-state index is 0.134. The molecular formula is C20H21N5O2. The Hall–Kier alpha value is -3.53. The second kappa shape index (κ2) is 8.23. The second-order valence-electron chi connectivity index (χ2n) is 6.32. The van der Waals surface area contributed by atoms with E-state index in [4.69, 9.17) is 5.26 Å². The van der Waals surface area contributed by atoms with Crippen molar-refractivity contribution in [1.82, 2.24) is 4.90 Å². The molecule has 3 amide bonds. The van der Waals surface area contributed by atoms with E-state index in [0.717, 1.165) is 5.69 Å². The number of benzene rings is 2. The van der Waals surface area contributed by atoms with Crippen molar-refractivity contribution >= 4 is 29.0 Å². The first-order valence-corrected chi connectivity index (χ1v) is 8.74. The molecule has 0 radical (unpaired) electrons. The SMILES string of the molecule is CC(=O)Nc1ccc(NC(=O)N2CCN(c3cccc(C#N)c3)CC2)cc1. The molecule has 2 aromatic carbocycles.